The maximum Gasteiger partial charge on any atom is 0.257 e. The maximum atomic E-state index is 13.1. The molecule has 2 aliphatic heterocycles. The van der Waals surface area contributed by atoms with Crippen molar-refractivity contribution in [3.05, 3.63) is 29.8 Å². The van der Waals surface area contributed by atoms with E-state index in [1.807, 2.05) is 32.9 Å². The van der Waals surface area contributed by atoms with Crippen molar-refractivity contribution in [2.45, 2.75) is 64.6 Å². The second-order valence-corrected chi connectivity index (χ2v) is 8.35. The summed E-state index contributed by atoms with van der Waals surface area (Å²) in [4.78, 5) is 52.9. The van der Waals surface area contributed by atoms with Crippen LogP contribution in [0.25, 0.3) is 0 Å². The fraction of sp³-hybridized carbons (Fsp3) is 0.545. The predicted molar refractivity (Wildman–Crippen MR) is 113 cm³/mol. The molecule has 0 saturated carbocycles. The topological polar surface area (TPSA) is 98.8 Å². The summed E-state index contributed by atoms with van der Waals surface area (Å²) in [6.07, 6.45) is 1.94. The number of hydrogen-bond donors (Lipinski definition) is 2. The molecule has 0 bridgehead atoms. The molecule has 162 valence electrons. The number of anilines is 1. The Balaban J connectivity index is 1.56. The first-order chi connectivity index (χ1) is 14.2. The summed E-state index contributed by atoms with van der Waals surface area (Å²) in [6, 6.07) is 7.25. The lowest BCUT2D eigenvalue weighted by molar-refractivity contribution is -0.123. The van der Waals surface area contributed by atoms with Crippen LogP contribution in [0.4, 0.5) is 5.69 Å². The van der Waals surface area contributed by atoms with Crippen molar-refractivity contribution in [2.75, 3.05) is 18.0 Å². The summed E-state index contributed by atoms with van der Waals surface area (Å²) in [5, 5.41) is 5.52. The van der Waals surface area contributed by atoms with Gasteiger partial charge in [-0.3, -0.25) is 24.1 Å². The van der Waals surface area contributed by atoms with Gasteiger partial charge in [-0.1, -0.05) is 12.1 Å². The zero-order chi connectivity index (χ0) is 21.9. The molecule has 2 aliphatic rings. The first kappa shape index (κ1) is 21.8. The molecule has 8 nitrogen and oxygen atoms in total. The van der Waals surface area contributed by atoms with Crippen LogP contribution in [0.3, 0.4) is 0 Å². The number of hydrogen-bond acceptors (Lipinski definition) is 4. The van der Waals surface area contributed by atoms with Crippen molar-refractivity contribution in [2.24, 2.45) is 0 Å². The SMILES string of the molecule is CC(C)NC(=O)CCNC(=O)CCCN1C(=O)c2ccccc2N2C(=O)CCC12C. The molecule has 0 radical (unpaired) electrons. The summed E-state index contributed by atoms with van der Waals surface area (Å²) >= 11 is 0. The Bertz CT molecular complexity index is 853. The predicted octanol–water partition coefficient (Wildman–Crippen LogP) is 1.80. The van der Waals surface area contributed by atoms with E-state index < -0.39 is 5.66 Å². The number of nitrogens with one attached hydrogen (secondary N) is 2. The zero-order valence-corrected chi connectivity index (χ0v) is 17.9. The van der Waals surface area contributed by atoms with Crippen LogP contribution in [-0.2, 0) is 14.4 Å². The highest BCUT2D eigenvalue weighted by Gasteiger charge is 2.52. The van der Waals surface area contributed by atoms with Gasteiger partial charge in [-0.2, -0.15) is 0 Å². The van der Waals surface area contributed by atoms with Gasteiger partial charge < -0.3 is 15.5 Å². The number of benzene rings is 1. The number of carbonyl (C=O) groups excluding carboxylic acids is 4. The smallest absolute Gasteiger partial charge is 0.257 e. The van der Waals surface area contributed by atoms with Gasteiger partial charge in [0.25, 0.3) is 5.91 Å². The molecule has 0 aliphatic carbocycles. The second-order valence-electron chi connectivity index (χ2n) is 8.35. The Kier molecular flexibility index (Phi) is 6.43. The summed E-state index contributed by atoms with van der Waals surface area (Å²) in [5.41, 5.74) is 0.487. The normalized spacial score (nSPS) is 20.3. The van der Waals surface area contributed by atoms with E-state index in [1.165, 1.54) is 0 Å². The monoisotopic (exact) mass is 414 g/mol. The highest BCUT2D eigenvalue weighted by Crippen LogP contribution is 2.43. The van der Waals surface area contributed by atoms with Crippen molar-refractivity contribution in [1.29, 1.82) is 0 Å². The summed E-state index contributed by atoms with van der Waals surface area (Å²) in [5.74, 6) is -0.340. The number of fused-ring (bicyclic) bond motifs is 3. The molecule has 4 amide bonds. The maximum absolute atomic E-state index is 13.1. The minimum Gasteiger partial charge on any atom is -0.356 e. The van der Waals surface area contributed by atoms with Gasteiger partial charge in [0.15, 0.2) is 0 Å². The fourth-order valence-corrected chi connectivity index (χ4v) is 4.24. The van der Waals surface area contributed by atoms with Crippen molar-refractivity contribution in [1.82, 2.24) is 15.5 Å². The van der Waals surface area contributed by atoms with E-state index in [-0.39, 0.29) is 49.1 Å². The van der Waals surface area contributed by atoms with Crippen molar-refractivity contribution < 1.29 is 19.2 Å². The lowest BCUT2D eigenvalue weighted by atomic mass is 9.98. The summed E-state index contributed by atoms with van der Waals surface area (Å²) in [7, 11) is 0. The van der Waals surface area contributed by atoms with Gasteiger partial charge in [-0.05, 0) is 45.7 Å². The molecule has 2 heterocycles. The Morgan fingerprint density at radius 3 is 2.60 bits per heavy atom. The highest BCUT2D eigenvalue weighted by molar-refractivity contribution is 6.10. The van der Waals surface area contributed by atoms with Crippen LogP contribution in [0.5, 0.6) is 0 Å². The van der Waals surface area contributed by atoms with Crippen molar-refractivity contribution in [3.63, 3.8) is 0 Å². The molecule has 1 atom stereocenters. The molecule has 8 heteroatoms. The lowest BCUT2D eigenvalue weighted by Crippen LogP contribution is -2.62. The second kappa shape index (κ2) is 8.85. The number of nitrogens with zero attached hydrogens (tertiary/aromatic N) is 2. The Morgan fingerprint density at radius 2 is 1.87 bits per heavy atom. The van der Waals surface area contributed by atoms with Gasteiger partial charge in [-0.15, -0.1) is 0 Å². The van der Waals surface area contributed by atoms with Gasteiger partial charge in [0.05, 0.1) is 11.3 Å². The Hall–Kier alpha value is -2.90. The number of rotatable bonds is 8. The van der Waals surface area contributed by atoms with E-state index in [1.54, 1.807) is 21.9 Å². The minimum absolute atomic E-state index is 0.0138. The van der Waals surface area contributed by atoms with Crippen LogP contribution in [0.1, 0.15) is 63.2 Å². The van der Waals surface area contributed by atoms with Gasteiger partial charge in [0.1, 0.15) is 5.66 Å². The van der Waals surface area contributed by atoms with Crippen LogP contribution in [-0.4, -0.2) is 53.3 Å². The van der Waals surface area contributed by atoms with E-state index >= 15 is 0 Å². The number of amides is 4. The van der Waals surface area contributed by atoms with E-state index in [2.05, 4.69) is 10.6 Å². The van der Waals surface area contributed by atoms with Crippen LogP contribution in [0.2, 0.25) is 0 Å². The molecule has 3 rings (SSSR count). The van der Waals surface area contributed by atoms with Crippen LogP contribution < -0.4 is 15.5 Å². The van der Waals surface area contributed by atoms with Crippen molar-refractivity contribution >= 4 is 29.3 Å². The largest absolute Gasteiger partial charge is 0.356 e. The highest BCUT2D eigenvalue weighted by atomic mass is 16.2. The molecule has 1 aromatic carbocycles. The molecule has 1 saturated heterocycles. The summed E-state index contributed by atoms with van der Waals surface area (Å²) in [6.45, 7) is 6.36. The van der Waals surface area contributed by atoms with Crippen molar-refractivity contribution in [3.8, 4) is 0 Å². The number of para-hydroxylation sites is 1. The van der Waals surface area contributed by atoms with E-state index in [4.69, 9.17) is 0 Å². The van der Waals surface area contributed by atoms with Gasteiger partial charge >= 0.3 is 0 Å². The minimum atomic E-state index is -0.700. The quantitative estimate of drug-likeness (QED) is 0.678. The third-order valence-corrected chi connectivity index (χ3v) is 5.66. The van der Waals surface area contributed by atoms with E-state index in [0.29, 0.717) is 37.1 Å². The average Bonchev–Trinajstić information content (AvgIpc) is 2.99. The first-order valence-corrected chi connectivity index (χ1v) is 10.5. The molecular formula is C22H30N4O4. The number of carbonyl (C=O) groups is 4. The van der Waals surface area contributed by atoms with E-state index in [9.17, 15) is 19.2 Å². The Morgan fingerprint density at radius 1 is 1.13 bits per heavy atom. The van der Waals surface area contributed by atoms with Crippen LogP contribution in [0.15, 0.2) is 24.3 Å². The van der Waals surface area contributed by atoms with Gasteiger partial charge in [-0.25, -0.2) is 0 Å². The summed E-state index contributed by atoms with van der Waals surface area (Å²) < 4.78 is 0. The lowest BCUT2D eigenvalue weighted by Gasteiger charge is -2.48. The van der Waals surface area contributed by atoms with Crippen LogP contribution >= 0.6 is 0 Å². The molecule has 1 unspecified atom stereocenters. The molecule has 0 spiro atoms. The molecule has 30 heavy (non-hydrogen) atoms. The third kappa shape index (κ3) is 4.32. The third-order valence-electron chi connectivity index (χ3n) is 5.66. The first-order valence-electron chi connectivity index (χ1n) is 10.5. The molecule has 1 fully saturated rings. The molecule has 1 aromatic rings. The fourth-order valence-electron chi connectivity index (χ4n) is 4.24. The van der Waals surface area contributed by atoms with Gasteiger partial charge in [0.2, 0.25) is 17.7 Å². The van der Waals surface area contributed by atoms with Crippen LogP contribution in [0, 0.1) is 0 Å². The van der Waals surface area contributed by atoms with E-state index in [0.717, 1.165) is 0 Å². The molecule has 0 aromatic heterocycles. The molecule has 2 N–H and O–H groups in total. The zero-order valence-electron chi connectivity index (χ0n) is 17.9. The van der Waals surface area contributed by atoms with Gasteiger partial charge in [0, 0.05) is 38.4 Å². The standard InChI is InChI=1S/C22H30N4O4/c1-15(2)24-19(28)11-13-23-18(27)9-6-14-25-21(30)16-7-4-5-8-17(16)26-20(29)10-12-22(25,26)3/h4-5,7-8,15H,6,9-14H2,1-3H3,(H,23,27)(H,24,28). The molecular weight excluding hydrogens is 384 g/mol. The Labute approximate surface area is 177 Å². The average molecular weight is 415 g/mol.